The SMILES string of the molecule is CCn1c(=O)c(-c2ccc(-c3ccncc3)cc2Cl)cc2cnc(Nc3ccc(N4CCN(C)CC4)cc3)nc21. The number of benzene rings is 2. The largest absolute Gasteiger partial charge is 0.369 e. The van der Waals surface area contributed by atoms with Crippen molar-refractivity contribution in [2.45, 2.75) is 13.5 Å². The monoisotopic (exact) mass is 551 g/mol. The molecule has 0 unspecified atom stereocenters. The second kappa shape index (κ2) is 11.1. The van der Waals surface area contributed by atoms with Crippen molar-refractivity contribution in [2.75, 3.05) is 43.4 Å². The van der Waals surface area contributed by atoms with Gasteiger partial charge in [-0.25, -0.2) is 4.98 Å². The van der Waals surface area contributed by atoms with Crippen LogP contribution >= 0.6 is 11.6 Å². The van der Waals surface area contributed by atoms with Crippen molar-refractivity contribution in [3.05, 3.63) is 94.6 Å². The molecule has 0 atom stereocenters. The molecule has 5 aromatic rings. The van der Waals surface area contributed by atoms with Gasteiger partial charge in [0.05, 0.1) is 0 Å². The van der Waals surface area contributed by atoms with Gasteiger partial charge < -0.3 is 15.1 Å². The van der Waals surface area contributed by atoms with Gasteiger partial charge in [-0.1, -0.05) is 23.7 Å². The number of likely N-dealkylation sites (N-methyl/N-ethyl adjacent to an activating group) is 1. The van der Waals surface area contributed by atoms with Crippen molar-refractivity contribution >= 4 is 40.0 Å². The summed E-state index contributed by atoms with van der Waals surface area (Å²) in [6.07, 6.45) is 5.23. The van der Waals surface area contributed by atoms with Crippen LogP contribution in [0.5, 0.6) is 0 Å². The predicted octanol–water partition coefficient (Wildman–Crippen LogP) is 5.69. The lowest BCUT2D eigenvalue weighted by Gasteiger charge is -2.34. The zero-order chi connectivity index (χ0) is 27.6. The minimum atomic E-state index is -0.144. The molecule has 0 saturated carbocycles. The molecule has 6 rings (SSSR count). The molecular formula is C31H30ClN7O. The molecule has 0 spiro atoms. The van der Waals surface area contributed by atoms with Gasteiger partial charge in [-0.15, -0.1) is 0 Å². The van der Waals surface area contributed by atoms with Crippen LogP contribution in [0.25, 0.3) is 33.3 Å². The van der Waals surface area contributed by atoms with Crippen molar-refractivity contribution in [1.29, 1.82) is 0 Å². The van der Waals surface area contributed by atoms with Gasteiger partial charge in [-0.3, -0.25) is 14.3 Å². The summed E-state index contributed by atoms with van der Waals surface area (Å²) in [7, 11) is 2.16. The van der Waals surface area contributed by atoms with Crippen molar-refractivity contribution in [1.82, 2.24) is 24.4 Å². The number of pyridine rings is 2. The summed E-state index contributed by atoms with van der Waals surface area (Å²) >= 11 is 6.70. The standard InChI is InChI=1S/C31H30ClN7O/c1-3-39-29-23(18-27(30(39)40)26-9-4-22(19-28(26)32)21-10-12-33-13-11-21)20-34-31(36-29)35-24-5-7-25(8-6-24)38-16-14-37(2)15-17-38/h4-13,18-20H,3,14-17H2,1-2H3,(H,34,35,36). The number of hydrogen-bond acceptors (Lipinski definition) is 7. The maximum atomic E-state index is 13.6. The molecule has 0 radical (unpaired) electrons. The highest BCUT2D eigenvalue weighted by Gasteiger charge is 2.17. The van der Waals surface area contributed by atoms with Gasteiger partial charge in [-0.05, 0) is 73.6 Å². The number of aromatic nitrogens is 4. The molecule has 1 aliphatic heterocycles. The Morgan fingerprint density at radius 1 is 0.900 bits per heavy atom. The van der Waals surface area contributed by atoms with E-state index in [0.717, 1.165) is 48.4 Å². The van der Waals surface area contributed by atoms with Crippen LogP contribution in [0.1, 0.15) is 6.92 Å². The molecule has 40 heavy (non-hydrogen) atoms. The van der Waals surface area contributed by atoms with Crippen LogP contribution in [0.4, 0.5) is 17.3 Å². The quantitative estimate of drug-likeness (QED) is 0.290. The Morgan fingerprint density at radius 2 is 1.65 bits per heavy atom. The summed E-state index contributed by atoms with van der Waals surface area (Å²) in [5.74, 6) is 0.439. The third kappa shape index (κ3) is 5.15. The number of rotatable bonds is 6. The first-order valence-electron chi connectivity index (χ1n) is 13.4. The van der Waals surface area contributed by atoms with Crippen LogP contribution in [0.15, 0.2) is 84.0 Å². The number of piperazine rings is 1. The van der Waals surface area contributed by atoms with Gasteiger partial charge in [0.15, 0.2) is 0 Å². The number of hydrogen-bond donors (Lipinski definition) is 1. The topological polar surface area (TPSA) is 79.2 Å². The lowest BCUT2D eigenvalue weighted by molar-refractivity contribution is 0.313. The summed E-state index contributed by atoms with van der Waals surface area (Å²) in [6, 6.07) is 19.7. The van der Waals surface area contributed by atoms with Gasteiger partial charge in [0.2, 0.25) is 5.95 Å². The minimum absolute atomic E-state index is 0.144. The van der Waals surface area contributed by atoms with E-state index in [0.29, 0.717) is 34.3 Å². The zero-order valence-corrected chi connectivity index (χ0v) is 23.3. The molecule has 4 heterocycles. The maximum Gasteiger partial charge on any atom is 0.260 e. The number of anilines is 3. The van der Waals surface area contributed by atoms with Crippen LogP contribution in [0.3, 0.4) is 0 Å². The van der Waals surface area contributed by atoms with E-state index in [1.54, 1.807) is 23.2 Å². The van der Waals surface area contributed by atoms with E-state index in [1.807, 2.05) is 55.5 Å². The number of halogens is 1. The Labute approximate surface area is 237 Å². The first kappa shape index (κ1) is 26.0. The summed E-state index contributed by atoms with van der Waals surface area (Å²) in [4.78, 5) is 31.7. The Balaban J connectivity index is 1.28. The molecule has 1 N–H and O–H groups in total. The molecule has 0 aliphatic carbocycles. The Kier molecular flexibility index (Phi) is 7.19. The third-order valence-corrected chi connectivity index (χ3v) is 7.72. The normalized spacial score (nSPS) is 14.0. The van der Waals surface area contributed by atoms with Crippen LogP contribution in [0.2, 0.25) is 5.02 Å². The van der Waals surface area contributed by atoms with E-state index in [9.17, 15) is 4.79 Å². The van der Waals surface area contributed by atoms with Crippen molar-refractivity contribution in [3.8, 4) is 22.3 Å². The number of nitrogens with one attached hydrogen (secondary N) is 1. The highest BCUT2D eigenvalue weighted by atomic mass is 35.5. The van der Waals surface area contributed by atoms with E-state index >= 15 is 0 Å². The van der Waals surface area contributed by atoms with Gasteiger partial charge in [0.25, 0.3) is 5.56 Å². The molecule has 202 valence electrons. The average Bonchev–Trinajstić information content (AvgIpc) is 2.98. The zero-order valence-electron chi connectivity index (χ0n) is 22.5. The fourth-order valence-corrected chi connectivity index (χ4v) is 5.39. The molecule has 1 saturated heterocycles. The van der Waals surface area contributed by atoms with E-state index in [-0.39, 0.29) is 5.56 Å². The molecule has 0 amide bonds. The molecule has 1 aliphatic rings. The molecule has 3 aromatic heterocycles. The fraction of sp³-hybridized carbons (Fsp3) is 0.226. The minimum Gasteiger partial charge on any atom is -0.369 e. The Hall–Kier alpha value is -4.27. The fourth-order valence-electron chi connectivity index (χ4n) is 5.11. The molecule has 9 heteroatoms. The van der Waals surface area contributed by atoms with Gasteiger partial charge in [-0.2, -0.15) is 4.98 Å². The lowest BCUT2D eigenvalue weighted by atomic mass is 10.0. The summed E-state index contributed by atoms with van der Waals surface area (Å²) < 4.78 is 1.67. The van der Waals surface area contributed by atoms with Gasteiger partial charge >= 0.3 is 0 Å². The summed E-state index contributed by atoms with van der Waals surface area (Å²) in [6.45, 7) is 6.57. The first-order chi connectivity index (χ1) is 19.5. The van der Waals surface area contributed by atoms with Gasteiger partial charge in [0, 0.05) is 84.2 Å². The van der Waals surface area contributed by atoms with Crippen molar-refractivity contribution < 1.29 is 0 Å². The molecule has 1 fully saturated rings. The van der Waals surface area contributed by atoms with Crippen molar-refractivity contribution in [2.24, 2.45) is 0 Å². The second-order valence-electron chi connectivity index (χ2n) is 9.97. The lowest BCUT2D eigenvalue weighted by Crippen LogP contribution is -2.44. The molecule has 0 bridgehead atoms. The van der Waals surface area contributed by atoms with E-state index in [2.05, 4.69) is 44.3 Å². The van der Waals surface area contributed by atoms with Crippen LogP contribution < -0.4 is 15.8 Å². The van der Waals surface area contributed by atoms with Crippen LogP contribution in [-0.2, 0) is 6.54 Å². The predicted molar refractivity (Wildman–Crippen MR) is 163 cm³/mol. The van der Waals surface area contributed by atoms with Crippen molar-refractivity contribution in [3.63, 3.8) is 0 Å². The average molecular weight is 552 g/mol. The van der Waals surface area contributed by atoms with E-state index < -0.39 is 0 Å². The highest BCUT2D eigenvalue weighted by molar-refractivity contribution is 6.33. The number of fused-ring (bicyclic) bond motifs is 1. The highest BCUT2D eigenvalue weighted by Crippen LogP contribution is 2.32. The van der Waals surface area contributed by atoms with Gasteiger partial charge in [0.1, 0.15) is 5.65 Å². The third-order valence-electron chi connectivity index (χ3n) is 7.41. The number of nitrogens with zero attached hydrogens (tertiary/aromatic N) is 6. The van der Waals surface area contributed by atoms with E-state index in [1.165, 1.54) is 5.69 Å². The summed E-state index contributed by atoms with van der Waals surface area (Å²) in [5, 5.41) is 4.56. The number of aryl methyl sites for hydroxylation is 1. The second-order valence-corrected chi connectivity index (χ2v) is 10.4. The molecule has 2 aromatic carbocycles. The summed E-state index contributed by atoms with van der Waals surface area (Å²) in [5.41, 5.74) is 5.69. The van der Waals surface area contributed by atoms with E-state index in [4.69, 9.17) is 16.6 Å². The Bertz CT molecular complexity index is 1710. The van der Waals surface area contributed by atoms with Crippen LogP contribution in [0, 0.1) is 0 Å². The smallest absolute Gasteiger partial charge is 0.260 e. The first-order valence-corrected chi connectivity index (χ1v) is 13.8. The molecular weight excluding hydrogens is 522 g/mol. The maximum absolute atomic E-state index is 13.6. The van der Waals surface area contributed by atoms with Crippen LogP contribution in [-0.4, -0.2) is 57.6 Å². The Morgan fingerprint density at radius 3 is 2.35 bits per heavy atom. The molecule has 8 nitrogen and oxygen atoms in total.